The van der Waals surface area contributed by atoms with Crippen molar-refractivity contribution in [3.8, 4) is 71.4 Å². The number of aliphatic hydroxyl groups excluding tert-OH is 2. The van der Waals surface area contributed by atoms with Gasteiger partial charge in [-0.05, 0) is 81.6 Å². The van der Waals surface area contributed by atoms with Gasteiger partial charge in [-0.15, -0.1) is 40.5 Å². The van der Waals surface area contributed by atoms with E-state index in [0.29, 0.717) is 31.5 Å². The van der Waals surface area contributed by atoms with Crippen LogP contribution in [0.5, 0.6) is 0 Å². The predicted molar refractivity (Wildman–Crippen MR) is 214 cm³/mol. The van der Waals surface area contributed by atoms with Gasteiger partial charge in [0, 0.05) is 95.5 Å². The first-order valence-electron chi connectivity index (χ1n) is 17.4. The standard InChI is InChI=1S/C9H20N2O2.2C9H5NO6.C8H19NO2.2HNO3.2Y/c1-8(6-13-7-12)4-2-3-5-9(10)11;2*1-2-3-4-5-6-7-14-9(11)15-8-16-10(12)13;1-8(6-11-7-10)4-2-3-5-9;2*2-1(3)4;;/h8,12H,2-7H2,1H3,(H3,10,11);2*8H2,1H3;8,10H,2-7,9H2,1H3;2*(H,2,3,4);;. The first-order chi connectivity index (χ1) is 30.3. The average Bonchev–Trinajstić information content (AvgIpc) is 3.20. The molecule has 0 aromatic rings. The molecule has 66 heavy (non-hydrogen) atoms. The van der Waals surface area contributed by atoms with E-state index in [1.165, 1.54) is 0 Å². The Morgan fingerprint density at radius 1 is 0.636 bits per heavy atom. The van der Waals surface area contributed by atoms with Gasteiger partial charge in [-0.25, -0.2) is 9.59 Å². The molecule has 2 atom stereocenters. The van der Waals surface area contributed by atoms with Gasteiger partial charge in [0.2, 0.25) is 13.6 Å². The van der Waals surface area contributed by atoms with E-state index in [1.807, 2.05) is 12.2 Å². The summed E-state index contributed by atoms with van der Waals surface area (Å²) >= 11 is 0. The Hall–Kier alpha value is -5.82. The van der Waals surface area contributed by atoms with Gasteiger partial charge in [-0.3, -0.25) is 15.1 Å². The number of rotatable bonds is 21. The maximum Gasteiger partial charge on any atom is 0.524 e. The van der Waals surface area contributed by atoms with Crippen LogP contribution in [0.25, 0.3) is 0 Å². The van der Waals surface area contributed by atoms with Crippen LogP contribution in [0, 0.1) is 129 Å². The Morgan fingerprint density at radius 3 is 1.26 bits per heavy atom. The second kappa shape index (κ2) is 65.8. The van der Waals surface area contributed by atoms with Crippen LogP contribution in [0.2, 0.25) is 0 Å². The minimum absolute atomic E-state index is 0. The van der Waals surface area contributed by atoms with E-state index in [9.17, 15) is 29.8 Å². The summed E-state index contributed by atoms with van der Waals surface area (Å²) < 4.78 is 26.1. The van der Waals surface area contributed by atoms with Gasteiger partial charge in [0.1, 0.15) is 25.8 Å². The summed E-state index contributed by atoms with van der Waals surface area (Å²) in [5.41, 5.74) is 10.6. The fraction of sp³-hybridized carbons (Fsp3) is 0.571. The zero-order valence-corrected chi connectivity index (χ0v) is 42.0. The first kappa shape index (κ1) is 77.4. The van der Waals surface area contributed by atoms with Crippen LogP contribution in [0.4, 0.5) is 9.59 Å². The van der Waals surface area contributed by atoms with E-state index in [0.717, 1.165) is 45.1 Å². The smallest absolute Gasteiger partial charge is 0.406 e. The van der Waals surface area contributed by atoms with Gasteiger partial charge >= 0.3 is 12.3 Å². The average molecular weight is 1100 g/mol. The SMILES string of the molecule is CC#CC#CC#COC(=O)OCO[N+](=O)[O-].CC#CC#CC#COC(=O)OCO[N+](=O)[O-].CC(CCCCC(=N)N)COCO.CC(CCCCN)COCO.O=[N+]([O-])O.O=[N+]([O-])O.[Y].[Y]. The molecule has 0 aliphatic rings. The number of hydrogen-bond acceptors (Lipinski definition) is 22. The van der Waals surface area contributed by atoms with Crippen molar-refractivity contribution in [1.82, 2.24) is 0 Å². The van der Waals surface area contributed by atoms with Crippen molar-refractivity contribution in [2.45, 2.75) is 72.6 Å². The van der Waals surface area contributed by atoms with Crippen molar-refractivity contribution < 1.29 is 154 Å². The van der Waals surface area contributed by atoms with Crippen molar-refractivity contribution in [2.75, 3.05) is 46.9 Å². The third-order valence-corrected chi connectivity index (χ3v) is 5.20. The van der Waals surface area contributed by atoms with Crippen molar-refractivity contribution in [2.24, 2.45) is 23.3 Å². The van der Waals surface area contributed by atoms with Gasteiger partial charge in [-0.1, -0.05) is 38.5 Å². The van der Waals surface area contributed by atoms with Gasteiger partial charge in [0.25, 0.3) is 20.3 Å². The summed E-state index contributed by atoms with van der Waals surface area (Å²) in [5.74, 6) is 24.5. The van der Waals surface area contributed by atoms with Crippen LogP contribution >= 0.6 is 0 Å². The molecule has 0 heterocycles. The Morgan fingerprint density at radius 2 is 0.970 bits per heavy atom. The van der Waals surface area contributed by atoms with Crippen molar-refractivity contribution in [1.29, 1.82) is 5.41 Å². The number of nitrogens with zero attached hydrogens (tertiary/aromatic N) is 4. The maximum atomic E-state index is 10.6. The number of hydrogen-bond donors (Lipinski definition) is 7. The summed E-state index contributed by atoms with van der Waals surface area (Å²) in [6.07, 6.45) is 8.50. The summed E-state index contributed by atoms with van der Waals surface area (Å²) in [4.78, 5) is 64.5. The number of nitrogens with two attached hydrogens (primary N) is 2. The maximum absolute atomic E-state index is 10.6. The van der Waals surface area contributed by atoms with Crippen LogP contribution in [0.1, 0.15) is 72.6 Å². The molecule has 0 rings (SSSR count). The van der Waals surface area contributed by atoms with E-state index >= 15 is 0 Å². The molecule has 0 aliphatic heterocycles. The zero-order chi connectivity index (χ0) is 50.2. The molecular formula is C35H51N7O22Y2. The van der Waals surface area contributed by atoms with Crippen LogP contribution in [0.3, 0.4) is 0 Å². The third-order valence-electron chi connectivity index (χ3n) is 5.20. The molecule has 0 aromatic heterocycles. The molecule has 0 amide bonds. The fourth-order valence-electron chi connectivity index (χ4n) is 2.85. The number of unbranched alkanes of at least 4 members (excludes halogenated alkanes) is 2. The molecule has 0 bridgehead atoms. The Balaban J connectivity index is -0.000000107. The molecule has 2 unspecified atom stereocenters. The fourth-order valence-corrected chi connectivity index (χ4v) is 2.85. The molecule has 0 aliphatic carbocycles. The van der Waals surface area contributed by atoms with Gasteiger partial charge < -0.3 is 60.5 Å². The Labute approximate surface area is 429 Å². The second-order valence-corrected chi connectivity index (χ2v) is 10.4. The zero-order valence-electron chi connectivity index (χ0n) is 36.3. The molecule has 0 spiro atoms. The van der Waals surface area contributed by atoms with E-state index in [1.54, 1.807) is 13.8 Å². The van der Waals surface area contributed by atoms with Crippen molar-refractivity contribution in [3.05, 3.63) is 40.5 Å². The largest absolute Gasteiger partial charge is 0.524 e. The van der Waals surface area contributed by atoms with Crippen molar-refractivity contribution >= 4 is 18.1 Å². The quantitative estimate of drug-likeness (QED) is 0.0126. The monoisotopic (exact) mass is 1100 g/mol. The molecular weight excluding hydrogens is 1050 g/mol. The molecule has 29 nitrogen and oxygen atoms in total. The minimum Gasteiger partial charge on any atom is -0.406 e. The van der Waals surface area contributed by atoms with E-state index in [2.05, 4.69) is 102 Å². The molecule has 0 aromatic carbocycles. The molecule has 9 N–H and O–H groups in total. The first-order valence-corrected chi connectivity index (χ1v) is 17.4. The Kier molecular flexibility index (Phi) is 77.2. The van der Waals surface area contributed by atoms with Crippen LogP contribution in [0.15, 0.2) is 0 Å². The molecule has 31 heteroatoms. The number of ether oxygens (including phenoxy) is 6. The summed E-state index contributed by atoms with van der Waals surface area (Å²) in [7, 11) is 0. The van der Waals surface area contributed by atoms with Gasteiger partial charge in [-0.2, -0.15) is 0 Å². The molecule has 364 valence electrons. The number of carbonyl (C=O) groups is 2. The van der Waals surface area contributed by atoms with Crippen molar-refractivity contribution in [3.63, 3.8) is 0 Å². The topological polar surface area (TPSA) is 437 Å². The molecule has 0 saturated heterocycles. The number of nitrogens with one attached hydrogen (secondary N) is 1. The number of carbonyl (C=O) groups excluding carboxylic acids is 2. The molecule has 2 radical (unpaired) electrons. The van der Waals surface area contributed by atoms with E-state index < -0.39 is 46.2 Å². The van der Waals surface area contributed by atoms with Gasteiger partial charge in [0.05, 0.1) is 19.0 Å². The van der Waals surface area contributed by atoms with Gasteiger partial charge in [0.15, 0.2) is 0 Å². The predicted octanol–water partition coefficient (Wildman–Crippen LogP) is 1.69. The Bertz CT molecular complexity index is 1600. The van der Waals surface area contributed by atoms with Crippen LogP contribution < -0.4 is 11.5 Å². The number of aliphatic hydroxyl groups is 2. The number of amidine groups is 1. The second-order valence-electron chi connectivity index (χ2n) is 10.4. The normalized spacial score (nSPS) is 8.65. The summed E-state index contributed by atoms with van der Waals surface area (Å²) in [6.45, 7) is 7.36. The third kappa shape index (κ3) is 107. The molecule has 0 fully saturated rings. The minimum atomic E-state index is -1.50. The van der Waals surface area contributed by atoms with E-state index in [-0.39, 0.29) is 84.8 Å². The van der Waals surface area contributed by atoms with E-state index in [4.69, 9.17) is 67.2 Å². The summed E-state index contributed by atoms with van der Waals surface area (Å²) in [5, 5.41) is 68.1. The van der Waals surface area contributed by atoms with Crippen LogP contribution in [-0.4, -0.2) is 106 Å². The van der Waals surface area contributed by atoms with Crippen LogP contribution in [-0.2, 0) is 104 Å². The molecule has 0 saturated carbocycles. The summed E-state index contributed by atoms with van der Waals surface area (Å²) in [6, 6.07) is 0.